The topological polar surface area (TPSA) is 35.8 Å². The Morgan fingerprint density at radius 2 is 2.06 bits per heavy atom. The Morgan fingerprint density at radius 3 is 2.67 bits per heavy atom. The molecule has 1 aromatic rings. The van der Waals surface area contributed by atoms with E-state index in [2.05, 4.69) is 48.2 Å². The molecule has 1 saturated heterocycles. The molecule has 1 aromatic carbocycles. The minimum Gasteiger partial charge on any atom is -0.411 e. The molecule has 0 spiro atoms. The van der Waals surface area contributed by atoms with Gasteiger partial charge in [-0.2, -0.15) is 0 Å². The Balaban J connectivity index is 2.06. The third-order valence-corrected chi connectivity index (χ3v) is 3.93. The highest BCUT2D eigenvalue weighted by Gasteiger charge is 2.40. The highest BCUT2D eigenvalue weighted by atomic mass is 16.4. The van der Waals surface area contributed by atoms with Crippen LogP contribution in [0.15, 0.2) is 35.5 Å². The van der Waals surface area contributed by atoms with Crippen molar-refractivity contribution in [3.63, 3.8) is 0 Å². The lowest BCUT2D eigenvalue weighted by Crippen LogP contribution is -2.27. The van der Waals surface area contributed by atoms with Crippen molar-refractivity contribution in [2.75, 3.05) is 13.1 Å². The lowest BCUT2D eigenvalue weighted by atomic mass is 9.79. The van der Waals surface area contributed by atoms with Gasteiger partial charge in [0.1, 0.15) is 0 Å². The van der Waals surface area contributed by atoms with E-state index in [1.165, 1.54) is 5.56 Å². The number of benzene rings is 1. The summed E-state index contributed by atoms with van der Waals surface area (Å²) in [6, 6.07) is 10.5. The van der Waals surface area contributed by atoms with Crippen LogP contribution in [0.3, 0.4) is 0 Å². The molecule has 0 amide bonds. The summed E-state index contributed by atoms with van der Waals surface area (Å²) in [5, 5.41) is 12.4. The quantitative estimate of drug-likeness (QED) is 0.505. The van der Waals surface area contributed by atoms with E-state index in [0.717, 1.165) is 25.3 Å². The molecule has 0 aliphatic carbocycles. The summed E-state index contributed by atoms with van der Waals surface area (Å²) in [6.07, 6.45) is 0. The molecule has 1 fully saturated rings. The lowest BCUT2D eigenvalue weighted by Gasteiger charge is -2.24. The molecule has 2 rings (SSSR count). The predicted octanol–water partition coefficient (Wildman–Crippen LogP) is 2.99. The Kier molecular flexibility index (Phi) is 3.71. The van der Waals surface area contributed by atoms with Gasteiger partial charge in [-0.05, 0) is 17.9 Å². The second-order valence-electron chi connectivity index (χ2n) is 5.94. The molecule has 18 heavy (non-hydrogen) atoms. The Labute approximate surface area is 109 Å². The first-order valence-corrected chi connectivity index (χ1v) is 6.48. The van der Waals surface area contributed by atoms with Crippen molar-refractivity contribution in [3.8, 4) is 0 Å². The Morgan fingerprint density at radius 1 is 1.39 bits per heavy atom. The van der Waals surface area contributed by atoms with Crippen molar-refractivity contribution in [2.45, 2.75) is 27.3 Å². The zero-order valence-electron chi connectivity index (χ0n) is 11.4. The minimum absolute atomic E-state index is 0.172. The molecule has 98 valence electrons. The summed E-state index contributed by atoms with van der Waals surface area (Å²) in [5.41, 5.74) is 2.36. The van der Waals surface area contributed by atoms with Crippen molar-refractivity contribution in [3.05, 3.63) is 35.9 Å². The minimum atomic E-state index is 0.172. The van der Waals surface area contributed by atoms with Crippen LogP contribution in [0.25, 0.3) is 0 Å². The maximum absolute atomic E-state index is 8.97. The zero-order chi connectivity index (χ0) is 13.2. The molecule has 1 heterocycles. The summed E-state index contributed by atoms with van der Waals surface area (Å²) in [7, 11) is 0. The number of hydrogen-bond donors (Lipinski definition) is 1. The van der Waals surface area contributed by atoms with Gasteiger partial charge in [-0.3, -0.25) is 4.90 Å². The normalized spacial score (nSPS) is 24.4. The highest BCUT2D eigenvalue weighted by molar-refractivity contribution is 5.85. The third-order valence-electron chi connectivity index (χ3n) is 3.93. The van der Waals surface area contributed by atoms with E-state index in [0.29, 0.717) is 5.92 Å². The van der Waals surface area contributed by atoms with Crippen LogP contribution in [0.4, 0.5) is 0 Å². The lowest BCUT2D eigenvalue weighted by molar-refractivity contribution is 0.278. The van der Waals surface area contributed by atoms with Crippen LogP contribution < -0.4 is 0 Å². The summed E-state index contributed by atoms with van der Waals surface area (Å²) in [6.45, 7) is 9.39. The predicted molar refractivity (Wildman–Crippen MR) is 73.9 cm³/mol. The van der Waals surface area contributed by atoms with Crippen LogP contribution in [-0.4, -0.2) is 28.9 Å². The second-order valence-corrected chi connectivity index (χ2v) is 5.94. The van der Waals surface area contributed by atoms with E-state index >= 15 is 0 Å². The van der Waals surface area contributed by atoms with Gasteiger partial charge in [0.15, 0.2) is 0 Å². The summed E-state index contributed by atoms with van der Waals surface area (Å²) < 4.78 is 0. The molecule has 0 radical (unpaired) electrons. The van der Waals surface area contributed by atoms with Crippen molar-refractivity contribution in [1.29, 1.82) is 0 Å². The number of likely N-dealkylation sites (tertiary alicyclic amines) is 1. The number of oxime groups is 1. The van der Waals surface area contributed by atoms with Gasteiger partial charge in [-0.25, -0.2) is 0 Å². The third kappa shape index (κ3) is 2.72. The Hall–Kier alpha value is -1.35. The average Bonchev–Trinajstić information content (AvgIpc) is 2.64. The second kappa shape index (κ2) is 5.11. The molecular weight excluding hydrogens is 224 g/mol. The maximum atomic E-state index is 8.97. The van der Waals surface area contributed by atoms with Crippen molar-refractivity contribution < 1.29 is 5.21 Å². The fourth-order valence-corrected chi connectivity index (χ4v) is 2.99. The molecule has 1 aliphatic heterocycles. The van der Waals surface area contributed by atoms with Crippen LogP contribution in [0.5, 0.6) is 0 Å². The molecule has 3 heteroatoms. The average molecular weight is 246 g/mol. The van der Waals surface area contributed by atoms with E-state index in [1.807, 2.05) is 13.0 Å². The summed E-state index contributed by atoms with van der Waals surface area (Å²) in [4.78, 5) is 2.44. The molecule has 1 atom stereocenters. The molecule has 1 aliphatic rings. The first-order chi connectivity index (χ1) is 8.53. The molecule has 0 aromatic heterocycles. The van der Waals surface area contributed by atoms with Crippen molar-refractivity contribution in [1.82, 2.24) is 4.90 Å². The van der Waals surface area contributed by atoms with E-state index in [-0.39, 0.29) is 5.41 Å². The van der Waals surface area contributed by atoms with Crippen LogP contribution in [0, 0.1) is 11.3 Å². The van der Waals surface area contributed by atoms with Gasteiger partial charge in [0, 0.05) is 25.6 Å². The number of nitrogens with zero attached hydrogens (tertiary/aromatic N) is 2. The largest absolute Gasteiger partial charge is 0.411 e. The van der Waals surface area contributed by atoms with Crippen molar-refractivity contribution >= 4 is 5.71 Å². The maximum Gasteiger partial charge on any atom is 0.0589 e. The number of rotatable bonds is 3. The standard InChI is InChI=1S/C15H22N2O/c1-12(16-18)14-10-17(11-15(14,2)3)9-13-7-5-4-6-8-13/h4-8,14,18H,9-11H2,1-3H3. The molecule has 0 saturated carbocycles. The van der Waals surface area contributed by atoms with Gasteiger partial charge in [0.25, 0.3) is 0 Å². The fourth-order valence-electron chi connectivity index (χ4n) is 2.99. The summed E-state index contributed by atoms with van der Waals surface area (Å²) in [5.74, 6) is 0.339. The van der Waals surface area contributed by atoms with Crippen LogP contribution in [-0.2, 0) is 6.54 Å². The first-order valence-electron chi connectivity index (χ1n) is 6.48. The van der Waals surface area contributed by atoms with E-state index < -0.39 is 0 Å². The SMILES string of the molecule is CC(=NO)C1CN(Cc2ccccc2)CC1(C)C. The van der Waals surface area contributed by atoms with Crippen molar-refractivity contribution in [2.24, 2.45) is 16.5 Å². The van der Waals surface area contributed by atoms with E-state index in [4.69, 9.17) is 5.21 Å². The van der Waals surface area contributed by atoms with Gasteiger partial charge in [-0.15, -0.1) is 0 Å². The monoisotopic (exact) mass is 246 g/mol. The Bertz CT molecular complexity index is 425. The molecule has 1 N–H and O–H groups in total. The molecule has 0 bridgehead atoms. The molecule has 1 unspecified atom stereocenters. The van der Waals surface area contributed by atoms with Gasteiger partial charge < -0.3 is 5.21 Å². The van der Waals surface area contributed by atoms with E-state index in [1.54, 1.807) is 0 Å². The zero-order valence-corrected chi connectivity index (χ0v) is 11.4. The van der Waals surface area contributed by atoms with Gasteiger partial charge >= 0.3 is 0 Å². The highest BCUT2D eigenvalue weighted by Crippen LogP contribution is 2.36. The van der Waals surface area contributed by atoms with Crippen LogP contribution in [0.1, 0.15) is 26.3 Å². The molecular formula is C15H22N2O. The van der Waals surface area contributed by atoms with E-state index in [9.17, 15) is 0 Å². The first kappa shape index (κ1) is 13.1. The van der Waals surface area contributed by atoms with Crippen LogP contribution >= 0.6 is 0 Å². The summed E-state index contributed by atoms with van der Waals surface area (Å²) >= 11 is 0. The van der Waals surface area contributed by atoms with Gasteiger partial charge in [-0.1, -0.05) is 49.3 Å². The van der Waals surface area contributed by atoms with Gasteiger partial charge in [0.05, 0.1) is 5.71 Å². The van der Waals surface area contributed by atoms with Crippen LogP contribution in [0.2, 0.25) is 0 Å². The number of hydrogen-bond acceptors (Lipinski definition) is 3. The smallest absolute Gasteiger partial charge is 0.0589 e. The molecule has 3 nitrogen and oxygen atoms in total. The van der Waals surface area contributed by atoms with Gasteiger partial charge in [0.2, 0.25) is 0 Å². The fraction of sp³-hybridized carbons (Fsp3) is 0.533.